The van der Waals surface area contributed by atoms with Crippen LogP contribution < -0.4 is 5.32 Å². The smallest absolute Gasteiger partial charge is 0.408 e. The van der Waals surface area contributed by atoms with Crippen molar-refractivity contribution in [3.63, 3.8) is 0 Å². The maximum atomic E-state index is 13.2. The molecule has 0 radical (unpaired) electrons. The molecule has 2 N–H and O–H groups in total. The van der Waals surface area contributed by atoms with Gasteiger partial charge in [-0.3, -0.25) is 0 Å². The maximum absolute atomic E-state index is 13.2. The summed E-state index contributed by atoms with van der Waals surface area (Å²) >= 11 is 0. The van der Waals surface area contributed by atoms with E-state index < -0.39 is 42.3 Å². The summed E-state index contributed by atoms with van der Waals surface area (Å²) in [6.45, 7) is 1.27. The van der Waals surface area contributed by atoms with Crippen LogP contribution >= 0.6 is 0 Å². The second-order valence-electron chi connectivity index (χ2n) is 7.92. The number of benzene rings is 2. The largest absolute Gasteiger partial charge is 0.480 e. The fourth-order valence-electron chi connectivity index (χ4n) is 4.25. The number of hydrogen-bond donors (Lipinski definition) is 2. The van der Waals surface area contributed by atoms with Crippen molar-refractivity contribution in [2.75, 3.05) is 6.61 Å². The molecular weight excluding hydrogens is 380 g/mol. The molecule has 1 unspecified atom stereocenters. The summed E-state index contributed by atoms with van der Waals surface area (Å²) in [5, 5.41) is 11.8. The van der Waals surface area contributed by atoms with Crippen molar-refractivity contribution in [3.8, 4) is 11.1 Å². The number of carboxylic acids is 1. The first-order chi connectivity index (χ1) is 13.7. The Hall–Kier alpha value is -2.96. The van der Waals surface area contributed by atoms with Gasteiger partial charge in [0, 0.05) is 24.7 Å². The minimum Gasteiger partial charge on any atom is -0.480 e. The van der Waals surface area contributed by atoms with Crippen LogP contribution in [0.25, 0.3) is 11.1 Å². The number of fused-ring (bicyclic) bond motifs is 3. The molecule has 4 rings (SSSR count). The van der Waals surface area contributed by atoms with Gasteiger partial charge in [0.15, 0.2) is 0 Å². The number of carbonyl (C=O) groups is 2. The molecule has 152 valence electrons. The zero-order valence-electron chi connectivity index (χ0n) is 15.8. The van der Waals surface area contributed by atoms with Crippen LogP contribution in [0.1, 0.15) is 36.8 Å². The van der Waals surface area contributed by atoms with Gasteiger partial charge in [-0.05, 0) is 29.2 Å². The molecule has 5 nitrogen and oxygen atoms in total. The fraction of sp³-hybridized carbons (Fsp3) is 0.364. The molecule has 2 aromatic rings. The number of ether oxygens (including phenoxy) is 1. The number of rotatable bonds is 5. The minimum atomic E-state index is -2.88. The molecule has 0 saturated heterocycles. The maximum Gasteiger partial charge on any atom is 0.408 e. The predicted molar refractivity (Wildman–Crippen MR) is 102 cm³/mol. The molecule has 29 heavy (non-hydrogen) atoms. The van der Waals surface area contributed by atoms with E-state index in [0.717, 1.165) is 22.3 Å². The predicted octanol–water partition coefficient (Wildman–Crippen LogP) is 4.41. The van der Waals surface area contributed by atoms with Crippen LogP contribution in [0, 0.1) is 5.92 Å². The van der Waals surface area contributed by atoms with Crippen LogP contribution in [0.5, 0.6) is 0 Å². The van der Waals surface area contributed by atoms with Gasteiger partial charge in [0.2, 0.25) is 5.92 Å². The number of carbonyl (C=O) groups excluding carboxylic acids is 1. The van der Waals surface area contributed by atoms with Gasteiger partial charge < -0.3 is 15.2 Å². The lowest BCUT2D eigenvalue weighted by Gasteiger charge is -2.44. The molecule has 2 aliphatic carbocycles. The van der Waals surface area contributed by atoms with Crippen LogP contribution in [0.15, 0.2) is 48.5 Å². The average Bonchev–Trinajstić information content (AvgIpc) is 2.98. The standard InChI is InChI=1S/C22H21F2NO4/c1-21(19(26)27,13-10-22(23,24)11-13)25-20(28)29-12-18-16-8-4-2-6-14(16)15-7-3-5-9-17(15)18/h2-9,13,18H,10-12H2,1H3,(H,25,28)(H,26,27). The summed E-state index contributed by atoms with van der Waals surface area (Å²) in [5.74, 6) is -5.26. The summed E-state index contributed by atoms with van der Waals surface area (Å²) in [4.78, 5) is 24.0. The quantitative estimate of drug-likeness (QED) is 0.778. The molecule has 1 saturated carbocycles. The molecule has 0 aliphatic heterocycles. The van der Waals surface area contributed by atoms with E-state index in [0.29, 0.717) is 0 Å². The first kappa shape index (κ1) is 19.4. The number of hydrogen-bond acceptors (Lipinski definition) is 3. The van der Waals surface area contributed by atoms with Crippen LogP contribution in [-0.2, 0) is 9.53 Å². The van der Waals surface area contributed by atoms with Crippen LogP contribution in [0.2, 0.25) is 0 Å². The molecule has 0 spiro atoms. The molecule has 2 aromatic carbocycles. The molecule has 1 atom stereocenters. The Labute approximate surface area is 166 Å². The number of alkyl halides is 2. The van der Waals surface area contributed by atoms with E-state index in [1.165, 1.54) is 6.92 Å². The van der Waals surface area contributed by atoms with E-state index in [1.807, 2.05) is 48.5 Å². The summed E-state index contributed by atoms with van der Waals surface area (Å²) in [5.41, 5.74) is 2.40. The zero-order valence-corrected chi connectivity index (χ0v) is 15.8. The van der Waals surface area contributed by atoms with Gasteiger partial charge in [0.25, 0.3) is 0 Å². The number of aliphatic carboxylic acids is 1. The first-order valence-corrected chi connectivity index (χ1v) is 9.46. The molecular formula is C22H21F2NO4. The lowest BCUT2D eigenvalue weighted by Crippen LogP contribution is -2.62. The normalized spacial score (nSPS) is 19.4. The summed E-state index contributed by atoms with van der Waals surface area (Å²) in [7, 11) is 0. The van der Waals surface area contributed by atoms with E-state index in [2.05, 4.69) is 5.32 Å². The number of alkyl carbamates (subject to hydrolysis) is 1. The SMILES string of the molecule is CC(NC(=O)OCC1c2ccccc2-c2ccccc21)(C(=O)O)C1CC(F)(F)C1. The van der Waals surface area contributed by atoms with Gasteiger partial charge >= 0.3 is 12.1 Å². The summed E-state index contributed by atoms with van der Waals surface area (Å²) < 4.78 is 31.8. The molecule has 1 amide bonds. The third kappa shape index (κ3) is 3.34. The lowest BCUT2D eigenvalue weighted by molar-refractivity contribution is -0.164. The monoisotopic (exact) mass is 401 g/mol. The van der Waals surface area contributed by atoms with Crippen LogP contribution in [-0.4, -0.2) is 35.2 Å². The molecule has 0 bridgehead atoms. The third-order valence-corrected chi connectivity index (χ3v) is 6.06. The van der Waals surface area contributed by atoms with Crippen LogP contribution in [0.4, 0.5) is 13.6 Å². The number of amides is 1. The minimum absolute atomic E-state index is 0.0242. The highest BCUT2D eigenvalue weighted by molar-refractivity contribution is 5.85. The van der Waals surface area contributed by atoms with Crippen molar-refractivity contribution in [2.45, 2.75) is 37.1 Å². The number of halogens is 2. The van der Waals surface area contributed by atoms with Gasteiger partial charge in [-0.25, -0.2) is 18.4 Å². The van der Waals surface area contributed by atoms with Gasteiger partial charge in [-0.15, -0.1) is 0 Å². The van der Waals surface area contributed by atoms with Crippen molar-refractivity contribution < 1.29 is 28.2 Å². The molecule has 7 heteroatoms. The Morgan fingerprint density at radius 1 is 1.10 bits per heavy atom. The van der Waals surface area contributed by atoms with E-state index in [-0.39, 0.29) is 12.5 Å². The van der Waals surface area contributed by atoms with E-state index >= 15 is 0 Å². The van der Waals surface area contributed by atoms with Crippen molar-refractivity contribution in [1.82, 2.24) is 5.32 Å². The lowest BCUT2D eigenvalue weighted by atomic mass is 9.69. The van der Waals surface area contributed by atoms with Crippen LogP contribution in [0.3, 0.4) is 0 Å². The Balaban J connectivity index is 1.47. The van der Waals surface area contributed by atoms with E-state index in [1.54, 1.807) is 0 Å². The van der Waals surface area contributed by atoms with Gasteiger partial charge in [-0.2, -0.15) is 0 Å². The summed E-state index contributed by atoms with van der Waals surface area (Å²) in [6.07, 6.45) is -2.06. The van der Waals surface area contributed by atoms with Crippen molar-refractivity contribution in [1.29, 1.82) is 0 Å². The summed E-state index contributed by atoms with van der Waals surface area (Å²) in [6, 6.07) is 15.7. The van der Waals surface area contributed by atoms with Gasteiger partial charge in [-0.1, -0.05) is 48.5 Å². The third-order valence-electron chi connectivity index (χ3n) is 6.06. The van der Waals surface area contributed by atoms with E-state index in [4.69, 9.17) is 4.74 Å². The second kappa shape index (κ2) is 6.83. The number of nitrogens with one attached hydrogen (secondary N) is 1. The molecule has 0 heterocycles. The highest BCUT2D eigenvalue weighted by atomic mass is 19.3. The van der Waals surface area contributed by atoms with Crippen molar-refractivity contribution in [3.05, 3.63) is 59.7 Å². The molecule has 1 fully saturated rings. The van der Waals surface area contributed by atoms with Gasteiger partial charge in [0.1, 0.15) is 12.1 Å². The molecule has 0 aromatic heterocycles. The Kier molecular flexibility index (Phi) is 4.56. The average molecular weight is 401 g/mol. The van der Waals surface area contributed by atoms with Crippen molar-refractivity contribution in [2.24, 2.45) is 5.92 Å². The first-order valence-electron chi connectivity index (χ1n) is 9.46. The van der Waals surface area contributed by atoms with Crippen molar-refractivity contribution >= 4 is 12.1 Å². The zero-order chi connectivity index (χ0) is 20.8. The highest BCUT2D eigenvalue weighted by Crippen LogP contribution is 2.48. The Morgan fingerprint density at radius 2 is 1.62 bits per heavy atom. The topological polar surface area (TPSA) is 75.6 Å². The Bertz CT molecular complexity index is 923. The van der Waals surface area contributed by atoms with E-state index in [9.17, 15) is 23.5 Å². The highest BCUT2D eigenvalue weighted by Gasteiger charge is 2.57. The molecule has 2 aliphatic rings. The second-order valence-corrected chi connectivity index (χ2v) is 7.92. The Morgan fingerprint density at radius 3 is 2.10 bits per heavy atom. The fourth-order valence-corrected chi connectivity index (χ4v) is 4.25. The number of carboxylic acid groups (broad SMARTS) is 1. The van der Waals surface area contributed by atoms with Gasteiger partial charge in [0.05, 0.1) is 0 Å².